The van der Waals surface area contributed by atoms with Gasteiger partial charge in [-0.15, -0.1) is 0 Å². The summed E-state index contributed by atoms with van der Waals surface area (Å²) >= 11 is 0. The molecule has 0 saturated carbocycles. The molecule has 1 heterocycles. The van der Waals surface area contributed by atoms with Crippen LogP contribution in [0.15, 0.2) is 50.5 Å². The Kier molecular flexibility index (Phi) is 4.02. The third kappa shape index (κ3) is 3.09. The maximum absolute atomic E-state index is 12.3. The molecular weight excluding hydrogens is 348 g/mol. The van der Waals surface area contributed by atoms with E-state index < -0.39 is 20.8 Å². The van der Waals surface area contributed by atoms with Crippen LogP contribution >= 0.6 is 0 Å². The molecule has 2 aromatic carbocycles. The van der Waals surface area contributed by atoms with E-state index in [0.717, 1.165) is 23.8 Å². The Morgan fingerprint density at radius 2 is 1.84 bits per heavy atom. The molecule has 0 aliphatic carbocycles. The highest BCUT2D eigenvalue weighted by atomic mass is 32.2. The average Bonchev–Trinajstić information content (AvgIpc) is 2.54. The third-order valence-electron chi connectivity index (χ3n) is 3.71. The van der Waals surface area contributed by atoms with Crippen molar-refractivity contribution in [3.05, 3.63) is 52.2 Å². The van der Waals surface area contributed by atoms with E-state index in [2.05, 4.69) is 0 Å². The highest BCUT2D eigenvalue weighted by Gasteiger charge is 2.20. The molecule has 0 aliphatic heterocycles. The number of ether oxygens (including phenoxy) is 1. The highest BCUT2D eigenvalue weighted by molar-refractivity contribution is 7.85. The summed E-state index contributed by atoms with van der Waals surface area (Å²) in [6, 6.07) is 8.15. The Hall–Kier alpha value is -2.84. The van der Waals surface area contributed by atoms with E-state index >= 15 is 0 Å². The Bertz CT molecular complexity index is 1140. The van der Waals surface area contributed by atoms with Gasteiger partial charge in [0.15, 0.2) is 16.9 Å². The Balaban J connectivity index is 2.34. The van der Waals surface area contributed by atoms with Gasteiger partial charge in [0.05, 0.1) is 23.0 Å². The fraction of sp³-hybridized carbons (Fsp3) is 0.118. The average molecular weight is 362 g/mol. The van der Waals surface area contributed by atoms with Crippen molar-refractivity contribution in [3.63, 3.8) is 0 Å². The van der Waals surface area contributed by atoms with Crippen molar-refractivity contribution < 1.29 is 27.2 Å². The number of hydrogen-bond donors (Lipinski definition) is 2. The fourth-order valence-electron chi connectivity index (χ4n) is 2.48. The SMILES string of the molecule is COc1cc(S(=O)(=O)O)cc(-c2cc(=O)c3cc(C)ccc3o2)c1O. The van der Waals surface area contributed by atoms with Crippen LogP contribution in [0.3, 0.4) is 0 Å². The first-order valence-electron chi connectivity index (χ1n) is 7.14. The van der Waals surface area contributed by atoms with E-state index in [9.17, 15) is 22.9 Å². The van der Waals surface area contributed by atoms with Gasteiger partial charge in [-0.1, -0.05) is 11.6 Å². The zero-order valence-electron chi connectivity index (χ0n) is 13.3. The van der Waals surface area contributed by atoms with Crippen molar-refractivity contribution in [2.45, 2.75) is 11.8 Å². The van der Waals surface area contributed by atoms with E-state index in [4.69, 9.17) is 9.15 Å². The smallest absolute Gasteiger partial charge is 0.294 e. The minimum absolute atomic E-state index is 0.0531. The number of phenolic OH excluding ortho intramolecular Hbond substituents is 1. The lowest BCUT2D eigenvalue weighted by molar-refractivity contribution is 0.372. The van der Waals surface area contributed by atoms with Gasteiger partial charge in [-0.05, 0) is 25.1 Å². The molecule has 1 aromatic heterocycles. The molecule has 0 atom stereocenters. The minimum Gasteiger partial charge on any atom is -0.504 e. The molecule has 2 N–H and O–H groups in total. The molecule has 0 aliphatic rings. The molecule has 0 amide bonds. The normalized spacial score (nSPS) is 11.6. The number of aryl methyl sites for hydroxylation is 1. The van der Waals surface area contributed by atoms with Gasteiger partial charge in [0.1, 0.15) is 11.3 Å². The summed E-state index contributed by atoms with van der Waals surface area (Å²) in [5.74, 6) is -0.649. The summed E-state index contributed by atoms with van der Waals surface area (Å²) in [6.45, 7) is 1.83. The van der Waals surface area contributed by atoms with E-state index in [1.807, 2.05) is 6.92 Å². The summed E-state index contributed by atoms with van der Waals surface area (Å²) in [7, 11) is -3.32. The van der Waals surface area contributed by atoms with E-state index in [-0.39, 0.29) is 28.1 Å². The van der Waals surface area contributed by atoms with Crippen molar-refractivity contribution in [2.75, 3.05) is 7.11 Å². The fourth-order valence-corrected chi connectivity index (χ4v) is 3.00. The van der Waals surface area contributed by atoms with E-state index in [0.29, 0.717) is 5.39 Å². The van der Waals surface area contributed by atoms with Crippen LogP contribution in [0.25, 0.3) is 22.3 Å². The molecule has 8 heteroatoms. The van der Waals surface area contributed by atoms with Crippen LogP contribution in [-0.4, -0.2) is 25.2 Å². The Morgan fingerprint density at radius 3 is 2.48 bits per heavy atom. The maximum atomic E-state index is 12.3. The van der Waals surface area contributed by atoms with Gasteiger partial charge in [-0.3, -0.25) is 9.35 Å². The molecule has 0 spiro atoms. The summed E-state index contributed by atoms with van der Waals surface area (Å²) in [4.78, 5) is 11.8. The lowest BCUT2D eigenvalue weighted by atomic mass is 10.1. The van der Waals surface area contributed by atoms with Crippen molar-refractivity contribution in [1.82, 2.24) is 0 Å². The second-order valence-corrected chi connectivity index (χ2v) is 6.89. The number of fused-ring (bicyclic) bond motifs is 1. The number of methoxy groups -OCH3 is 1. The summed E-state index contributed by atoms with van der Waals surface area (Å²) in [5, 5.41) is 10.6. The molecule has 3 aromatic rings. The molecule has 0 saturated heterocycles. The Morgan fingerprint density at radius 1 is 1.12 bits per heavy atom. The molecule has 7 nitrogen and oxygen atoms in total. The first-order chi connectivity index (χ1) is 11.7. The van der Waals surface area contributed by atoms with Crippen LogP contribution in [0.2, 0.25) is 0 Å². The van der Waals surface area contributed by atoms with Crippen LogP contribution in [0.5, 0.6) is 11.5 Å². The Labute approximate surface area is 142 Å². The number of rotatable bonds is 3. The second-order valence-electron chi connectivity index (χ2n) is 5.47. The lowest BCUT2D eigenvalue weighted by Crippen LogP contribution is -2.03. The van der Waals surface area contributed by atoms with Gasteiger partial charge >= 0.3 is 0 Å². The predicted octanol–water partition coefficient (Wildman–Crippen LogP) is 2.73. The van der Waals surface area contributed by atoms with Gasteiger partial charge in [0.25, 0.3) is 10.1 Å². The van der Waals surface area contributed by atoms with Crippen LogP contribution in [-0.2, 0) is 10.1 Å². The van der Waals surface area contributed by atoms with Gasteiger partial charge in [-0.2, -0.15) is 8.42 Å². The number of benzene rings is 2. The maximum Gasteiger partial charge on any atom is 0.294 e. The van der Waals surface area contributed by atoms with Gasteiger partial charge in [0, 0.05) is 12.1 Å². The molecule has 0 fully saturated rings. The standard InChI is InChI=1S/C17H14O7S/c1-9-3-4-14-11(5-9)13(18)8-15(24-14)12-6-10(25(20,21)22)7-16(23-2)17(12)19/h3-8,19H,1-2H3,(H,20,21,22). The predicted molar refractivity (Wildman–Crippen MR) is 90.7 cm³/mol. The molecule has 3 rings (SSSR count). The molecule has 25 heavy (non-hydrogen) atoms. The molecular formula is C17H14O7S. The molecule has 0 bridgehead atoms. The highest BCUT2D eigenvalue weighted by Crippen LogP contribution is 2.39. The summed E-state index contributed by atoms with van der Waals surface area (Å²) in [6.07, 6.45) is 0. The zero-order chi connectivity index (χ0) is 18.4. The van der Waals surface area contributed by atoms with Crippen LogP contribution in [0.4, 0.5) is 0 Å². The third-order valence-corrected chi connectivity index (χ3v) is 4.55. The van der Waals surface area contributed by atoms with Crippen molar-refractivity contribution in [1.29, 1.82) is 0 Å². The van der Waals surface area contributed by atoms with Crippen molar-refractivity contribution in [3.8, 4) is 22.8 Å². The van der Waals surface area contributed by atoms with E-state index in [1.54, 1.807) is 18.2 Å². The first-order valence-corrected chi connectivity index (χ1v) is 8.58. The first kappa shape index (κ1) is 17.0. The molecule has 0 unspecified atom stereocenters. The topological polar surface area (TPSA) is 114 Å². The number of phenols is 1. The zero-order valence-corrected chi connectivity index (χ0v) is 14.1. The van der Waals surface area contributed by atoms with Crippen LogP contribution in [0.1, 0.15) is 5.56 Å². The largest absolute Gasteiger partial charge is 0.504 e. The summed E-state index contributed by atoms with van der Waals surface area (Å²) in [5.41, 5.74) is 0.719. The number of hydrogen-bond acceptors (Lipinski definition) is 6. The van der Waals surface area contributed by atoms with Crippen LogP contribution in [0, 0.1) is 6.92 Å². The van der Waals surface area contributed by atoms with Crippen molar-refractivity contribution >= 4 is 21.1 Å². The quantitative estimate of drug-likeness (QED) is 0.689. The van der Waals surface area contributed by atoms with E-state index in [1.165, 1.54) is 7.11 Å². The number of aromatic hydroxyl groups is 1. The second kappa shape index (κ2) is 5.91. The molecule has 130 valence electrons. The molecule has 0 radical (unpaired) electrons. The summed E-state index contributed by atoms with van der Waals surface area (Å²) < 4.78 is 42.7. The minimum atomic E-state index is -4.55. The lowest BCUT2D eigenvalue weighted by Gasteiger charge is -2.11. The van der Waals surface area contributed by atoms with Gasteiger partial charge in [-0.25, -0.2) is 0 Å². The van der Waals surface area contributed by atoms with Crippen LogP contribution < -0.4 is 10.2 Å². The van der Waals surface area contributed by atoms with Gasteiger partial charge in [0.2, 0.25) is 0 Å². The van der Waals surface area contributed by atoms with Gasteiger partial charge < -0.3 is 14.3 Å². The van der Waals surface area contributed by atoms with Crippen molar-refractivity contribution in [2.24, 2.45) is 0 Å². The monoisotopic (exact) mass is 362 g/mol.